The maximum atomic E-state index is 12.0. The zero-order valence-electron chi connectivity index (χ0n) is 10.4. The Kier molecular flexibility index (Phi) is 4.18. The molecule has 94 valence electrons. The van der Waals surface area contributed by atoms with E-state index in [4.69, 9.17) is 4.74 Å². The normalized spacial score (nSPS) is 19.5. The summed E-state index contributed by atoms with van der Waals surface area (Å²) in [5.41, 5.74) is 2.02. The van der Waals surface area contributed by atoms with Crippen LogP contribution in [0.5, 0.6) is 0 Å². The summed E-state index contributed by atoms with van der Waals surface area (Å²) in [6, 6.07) is 0. The Hall–Kier alpha value is -0.870. The topological polar surface area (TPSA) is 38.3 Å². The largest absolute Gasteiger partial charge is 0.376 e. The SMILES string of the molecule is CCc1c(C(=O)NC[C@@H]2CCCO2)csc1C. The fraction of sp³-hybridized carbons (Fsp3) is 0.615. The molecule has 1 aromatic heterocycles. The second kappa shape index (κ2) is 5.65. The van der Waals surface area contributed by atoms with Crippen LogP contribution in [0.2, 0.25) is 0 Å². The van der Waals surface area contributed by atoms with Gasteiger partial charge < -0.3 is 10.1 Å². The second-order valence-corrected chi connectivity index (χ2v) is 5.47. The Morgan fingerprint density at radius 3 is 3.12 bits per heavy atom. The van der Waals surface area contributed by atoms with Crippen LogP contribution in [-0.4, -0.2) is 25.2 Å². The van der Waals surface area contributed by atoms with Gasteiger partial charge in [0.05, 0.1) is 11.7 Å². The lowest BCUT2D eigenvalue weighted by Crippen LogP contribution is -2.32. The Morgan fingerprint density at radius 1 is 1.65 bits per heavy atom. The van der Waals surface area contributed by atoms with Crippen molar-refractivity contribution >= 4 is 17.2 Å². The van der Waals surface area contributed by atoms with Crippen molar-refractivity contribution in [3.63, 3.8) is 0 Å². The highest BCUT2D eigenvalue weighted by Crippen LogP contribution is 2.22. The number of hydrogen-bond donors (Lipinski definition) is 1. The molecule has 2 heterocycles. The first-order valence-corrected chi connectivity index (χ1v) is 7.07. The number of amides is 1. The molecule has 3 nitrogen and oxygen atoms in total. The minimum Gasteiger partial charge on any atom is -0.376 e. The van der Waals surface area contributed by atoms with Crippen molar-refractivity contribution in [3.05, 3.63) is 21.4 Å². The Balaban J connectivity index is 1.94. The molecule has 2 rings (SSSR count). The average Bonchev–Trinajstić information content (AvgIpc) is 2.94. The quantitative estimate of drug-likeness (QED) is 0.895. The van der Waals surface area contributed by atoms with E-state index in [1.807, 2.05) is 5.38 Å². The Labute approximate surface area is 106 Å². The van der Waals surface area contributed by atoms with Crippen LogP contribution in [0.3, 0.4) is 0 Å². The van der Waals surface area contributed by atoms with Gasteiger partial charge in [-0.1, -0.05) is 6.92 Å². The minimum absolute atomic E-state index is 0.0432. The number of nitrogens with one attached hydrogen (secondary N) is 1. The molecule has 0 radical (unpaired) electrons. The minimum atomic E-state index is 0.0432. The maximum absolute atomic E-state index is 12.0. The predicted octanol–water partition coefficient (Wildman–Crippen LogP) is 2.53. The monoisotopic (exact) mass is 253 g/mol. The molecule has 0 aromatic carbocycles. The highest BCUT2D eigenvalue weighted by molar-refractivity contribution is 7.10. The number of carbonyl (C=O) groups is 1. The first-order valence-electron chi connectivity index (χ1n) is 6.19. The lowest BCUT2D eigenvalue weighted by atomic mass is 10.1. The summed E-state index contributed by atoms with van der Waals surface area (Å²) >= 11 is 1.65. The molecule has 0 spiro atoms. The summed E-state index contributed by atoms with van der Waals surface area (Å²) in [6.07, 6.45) is 3.30. The van der Waals surface area contributed by atoms with Gasteiger partial charge in [-0.25, -0.2) is 0 Å². The van der Waals surface area contributed by atoms with E-state index in [1.54, 1.807) is 11.3 Å². The molecule has 1 aliphatic heterocycles. The third kappa shape index (κ3) is 2.87. The molecule has 1 aromatic rings. The van der Waals surface area contributed by atoms with Crippen LogP contribution in [0, 0.1) is 6.92 Å². The summed E-state index contributed by atoms with van der Waals surface area (Å²) in [5, 5.41) is 4.93. The number of hydrogen-bond acceptors (Lipinski definition) is 3. The van der Waals surface area contributed by atoms with Crippen LogP contribution in [0.1, 0.15) is 40.6 Å². The zero-order valence-corrected chi connectivity index (χ0v) is 11.2. The number of carbonyl (C=O) groups excluding carboxylic acids is 1. The molecule has 1 amide bonds. The van der Waals surface area contributed by atoms with Crippen LogP contribution in [0.15, 0.2) is 5.38 Å². The van der Waals surface area contributed by atoms with Crippen molar-refractivity contribution in [2.24, 2.45) is 0 Å². The number of rotatable bonds is 4. The summed E-state index contributed by atoms with van der Waals surface area (Å²) < 4.78 is 5.49. The number of aryl methyl sites for hydroxylation is 1. The van der Waals surface area contributed by atoms with Gasteiger partial charge in [-0.15, -0.1) is 11.3 Å². The highest BCUT2D eigenvalue weighted by Gasteiger charge is 2.18. The van der Waals surface area contributed by atoms with Crippen molar-refractivity contribution in [3.8, 4) is 0 Å². The lowest BCUT2D eigenvalue weighted by molar-refractivity contribution is 0.0857. The highest BCUT2D eigenvalue weighted by atomic mass is 32.1. The molecule has 1 N–H and O–H groups in total. The van der Waals surface area contributed by atoms with E-state index < -0.39 is 0 Å². The van der Waals surface area contributed by atoms with Crippen molar-refractivity contribution in [2.45, 2.75) is 39.2 Å². The lowest BCUT2D eigenvalue weighted by Gasteiger charge is -2.11. The smallest absolute Gasteiger partial charge is 0.252 e. The first kappa shape index (κ1) is 12.6. The molecular weight excluding hydrogens is 234 g/mol. The van der Waals surface area contributed by atoms with E-state index in [1.165, 1.54) is 10.4 Å². The second-order valence-electron chi connectivity index (χ2n) is 4.38. The molecule has 1 atom stereocenters. The standard InChI is InChI=1S/C13H19NO2S/c1-3-11-9(2)17-8-12(11)13(15)14-7-10-5-4-6-16-10/h8,10H,3-7H2,1-2H3,(H,14,15)/t10-/m0/s1. The molecule has 17 heavy (non-hydrogen) atoms. The van der Waals surface area contributed by atoms with Gasteiger partial charge in [0.15, 0.2) is 0 Å². The first-order chi connectivity index (χ1) is 8.22. The van der Waals surface area contributed by atoms with Gasteiger partial charge in [-0.3, -0.25) is 4.79 Å². The molecule has 0 aliphatic carbocycles. The van der Waals surface area contributed by atoms with E-state index >= 15 is 0 Å². The molecule has 0 unspecified atom stereocenters. The van der Waals surface area contributed by atoms with Crippen molar-refractivity contribution in [1.29, 1.82) is 0 Å². The van der Waals surface area contributed by atoms with E-state index in [0.717, 1.165) is 31.4 Å². The van der Waals surface area contributed by atoms with E-state index in [2.05, 4.69) is 19.2 Å². The van der Waals surface area contributed by atoms with Crippen LogP contribution < -0.4 is 5.32 Å². The maximum Gasteiger partial charge on any atom is 0.252 e. The third-order valence-corrected chi connectivity index (χ3v) is 4.17. The zero-order chi connectivity index (χ0) is 12.3. The molecule has 4 heteroatoms. The Morgan fingerprint density at radius 2 is 2.47 bits per heavy atom. The molecule has 1 saturated heterocycles. The molecular formula is C13H19NO2S. The number of thiophene rings is 1. The Bertz CT molecular complexity index is 394. The molecule has 1 aliphatic rings. The van der Waals surface area contributed by atoms with Crippen LogP contribution >= 0.6 is 11.3 Å². The predicted molar refractivity (Wildman–Crippen MR) is 69.7 cm³/mol. The summed E-state index contributed by atoms with van der Waals surface area (Å²) in [6.45, 7) is 5.63. The van der Waals surface area contributed by atoms with E-state index in [-0.39, 0.29) is 12.0 Å². The summed E-state index contributed by atoms with van der Waals surface area (Å²) in [7, 11) is 0. The van der Waals surface area contributed by atoms with Gasteiger partial charge in [0.25, 0.3) is 5.91 Å². The summed E-state index contributed by atoms with van der Waals surface area (Å²) in [5.74, 6) is 0.0432. The van der Waals surface area contributed by atoms with Gasteiger partial charge in [0.1, 0.15) is 0 Å². The fourth-order valence-electron chi connectivity index (χ4n) is 2.22. The van der Waals surface area contributed by atoms with Crippen molar-refractivity contribution in [1.82, 2.24) is 5.32 Å². The number of ether oxygens (including phenoxy) is 1. The molecule has 0 saturated carbocycles. The summed E-state index contributed by atoms with van der Waals surface area (Å²) in [4.78, 5) is 13.3. The van der Waals surface area contributed by atoms with Gasteiger partial charge in [-0.2, -0.15) is 0 Å². The van der Waals surface area contributed by atoms with Crippen molar-refractivity contribution < 1.29 is 9.53 Å². The van der Waals surface area contributed by atoms with E-state index in [0.29, 0.717) is 6.54 Å². The fourth-order valence-corrected chi connectivity index (χ4v) is 3.16. The van der Waals surface area contributed by atoms with Crippen molar-refractivity contribution in [2.75, 3.05) is 13.2 Å². The molecule has 1 fully saturated rings. The van der Waals surface area contributed by atoms with Crippen LogP contribution in [-0.2, 0) is 11.2 Å². The van der Waals surface area contributed by atoms with Gasteiger partial charge in [0, 0.05) is 23.4 Å². The van der Waals surface area contributed by atoms with Gasteiger partial charge >= 0.3 is 0 Å². The molecule has 0 bridgehead atoms. The van der Waals surface area contributed by atoms with Gasteiger partial charge in [-0.05, 0) is 31.7 Å². The van der Waals surface area contributed by atoms with Gasteiger partial charge in [0.2, 0.25) is 0 Å². The van der Waals surface area contributed by atoms with E-state index in [9.17, 15) is 4.79 Å². The third-order valence-electron chi connectivity index (χ3n) is 3.22. The average molecular weight is 253 g/mol. The van der Waals surface area contributed by atoms with Crippen LogP contribution in [0.4, 0.5) is 0 Å². The van der Waals surface area contributed by atoms with Crippen LogP contribution in [0.25, 0.3) is 0 Å².